The zero-order valence-corrected chi connectivity index (χ0v) is 13.1. The van der Waals surface area contributed by atoms with Gasteiger partial charge in [0, 0.05) is 23.0 Å². The second-order valence-electron chi connectivity index (χ2n) is 4.10. The number of ether oxygens (including phenoxy) is 1. The quantitative estimate of drug-likeness (QED) is 0.604. The molecule has 2 aromatic rings. The van der Waals surface area contributed by atoms with Crippen LogP contribution in [0.15, 0.2) is 46.0 Å². The van der Waals surface area contributed by atoms with E-state index in [0.29, 0.717) is 10.2 Å². The number of sulfone groups is 1. The summed E-state index contributed by atoms with van der Waals surface area (Å²) in [6, 6.07) is 5.05. The number of hydrogen-bond donors (Lipinski definition) is 0. The Bertz CT molecular complexity index is 807. The zero-order chi connectivity index (χ0) is 15.6. The SMILES string of the molecule is CS(=O)(=O)c1ccc(Oc2cncc(Br)c2)c([N+](=O)[O-])c1. The number of halogens is 1. The first-order valence-corrected chi connectivity index (χ1v) is 8.23. The molecule has 0 spiro atoms. The first-order chi connectivity index (χ1) is 9.77. The Hall–Kier alpha value is -2.00. The number of rotatable bonds is 4. The maximum absolute atomic E-state index is 11.4. The maximum Gasteiger partial charge on any atom is 0.312 e. The summed E-state index contributed by atoms with van der Waals surface area (Å²) in [4.78, 5) is 14.1. The highest BCUT2D eigenvalue weighted by Gasteiger charge is 2.20. The highest BCUT2D eigenvalue weighted by atomic mass is 79.9. The van der Waals surface area contributed by atoms with E-state index in [9.17, 15) is 18.5 Å². The van der Waals surface area contributed by atoms with Crippen molar-refractivity contribution in [3.63, 3.8) is 0 Å². The summed E-state index contributed by atoms with van der Waals surface area (Å²) in [6.45, 7) is 0. The van der Waals surface area contributed by atoms with Crippen LogP contribution >= 0.6 is 15.9 Å². The fraction of sp³-hybridized carbons (Fsp3) is 0.0833. The van der Waals surface area contributed by atoms with Crippen LogP contribution < -0.4 is 4.74 Å². The molecule has 110 valence electrons. The van der Waals surface area contributed by atoms with Crippen molar-refractivity contribution in [2.24, 2.45) is 0 Å². The van der Waals surface area contributed by atoms with Crippen molar-refractivity contribution in [1.29, 1.82) is 0 Å². The largest absolute Gasteiger partial charge is 0.448 e. The molecule has 21 heavy (non-hydrogen) atoms. The van der Waals surface area contributed by atoms with Gasteiger partial charge in [-0.25, -0.2) is 8.42 Å². The molecule has 1 aromatic carbocycles. The highest BCUT2D eigenvalue weighted by molar-refractivity contribution is 9.10. The molecule has 0 saturated carbocycles. The van der Waals surface area contributed by atoms with Crippen LogP contribution in [0.2, 0.25) is 0 Å². The van der Waals surface area contributed by atoms with E-state index in [1.54, 1.807) is 6.07 Å². The normalized spacial score (nSPS) is 11.1. The van der Waals surface area contributed by atoms with Gasteiger partial charge in [-0.15, -0.1) is 0 Å². The second-order valence-corrected chi connectivity index (χ2v) is 7.03. The van der Waals surface area contributed by atoms with Gasteiger partial charge in [0.1, 0.15) is 5.75 Å². The Balaban J connectivity index is 2.47. The maximum atomic E-state index is 11.4. The van der Waals surface area contributed by atoms with Crippen molar-refractivity contribution in [2.75, 3.05) is 6.26 Å². The average molecular weight is 373 g/mol. The van der Waals surface area contributed by atoms with Crippen LogP contribution in [0.5, 0.6) is 11.5 Å². The first kappa shape index (κ1) is 15.4. The lowest BCUT2D eigenvalue weighted by Crippen LogP contribution is -2.00. The third-order valence-corrected chi connectivity index (χ3v) is 4.01. The zero-order valence-electron chi connectivity index (χ0n) is 10.7. The molecular formula is C12H9BrN2O5S. The molecule has 1 aromatic heterocycles. The Labute approximate surface area is 128 Å². The van der Waals surface area contributed by atoms with Crippen LogP contribution in [-0.4, -0.2) is 24.6 Å². The molecule has 0 fully saturated rings. The van der Waals surface area contributed by atoms with E-state index in [0.717, 1.165) is 12.3 Å². The standard InChI is InChI=1S/C12H9BrN2O5S/c1-21(18,19)10-2-3-12(11(5-10)15(16)17)20-9-4-8(13)6-14-7-9/h2-7H,1H3. The molecule has 7 nitrogen and oxygen atoms in total. The fourth-order valence-corrected chi connectivity index (χ4v) is 2.52. The number of nitrogens with zero attached hydrogens (tertiary/aromatic N) is 2. The van der Waals surface area contributed by atoms with Gasteiger partial charge in [0.15, 0.2) is 9.84 Å². The fourth-order valence-electron chi connectivity index (χ4n) is 1.53. The molecule has 0 saturated heterocycles. The van der Waals surface area contributed by atoms with Crippen LogP contribution in [0.3, 0.4) is 0 Å². The molecule has 0 N–H and O–H groups in total. The Morgan fingerprint density at radius 1 is 1.29 bits per heavy atom. The number of nitro groups is 1. The molecule has 1 heterocycles. The van der Waals surface area contributed by atoms with Gasteiger partial charge in [-0.2, -0.15) is 0 Å². The van der Waals surface area contributed by atoms with Crippen molar-refractivity contribution in [1.82, 2.24) is 4.98 Å². The van der Waals surface area contributed by atoms with Gasteiger partial charge in [0.05, 0.1) is 16.0 Å². The van der Waals surface area contributed by atoms with Crippen LogP contribution in [-0.2, 0) is 9.84 Å². The van der Waals surface area contributed by atoms with Crippen LogP contribution in [0.1, 0.15) is 0 Å². The van der Waals surface area contributed by atoms with Gasteiger partial charge in [-0.05, 0) is 34.1 Å². The van der Waals surface area contributed by atoms with Crippen molar-refractivity contribution in [3.8, 4) is 11.5 Å². The third-order valence-electron chi connectivity index (χ3n) is 2.46. The van der Waals surface area contributed by atoms with Gasteiger partial charge < -0.3 is 4.74 Å². The summed E-state index contributed by atoms with van der Waals surface area (Å²) in [5.41, 5.74) is -0.432. The average Bonchev–Trinajstić information content (AvgIpc) is 2.37. The lowest BCUT2D eigenvalue weighted by Gasteiger charge is -2.07. The van der Waals surface area contributed by atoms with E-state index in [1.165, 1.54) is 24.5 Å². The van der Waals surface area contributed by atoms with Gasteiger partial charge in [0.2, 0.25) is 5.75 Å². The van der Waals surface area contributed by atoms with Crippen molar-refractivity contribution < 1.29 is 18.1 Å². The summed E-state index contributed by atoms with van der Waals surface area (Å²) in [5, 5.41) is 11.1. The minimum Gasteiger partial charge on any atom is -0.448 e. The van der Waals surface area contributed by atoms with Gasteiger partial charge in [-0.1, -0.05) is 0 Å². The Morgan fingerprint density at radius 2 is 2.00 bits per heavy atom. The van der Waals surface area contributed by atoms with Crippen LogP contribution in [0, 0.1) is 10.1 Å². The number of hydrogen-bond acceptors (Lipinski definition) is 6. The first-order valence-electron chi connectivity index (χ1n) is 5.54. The monoisotopic (exact) mass is 372 g/mol. The minimum absolute atomic E-state index is 0.0627. The summed E-state index contributed by atoms with van der Waals surface area (Å²) >= 11 is 3.20. The summed E-state index contributed by atoms with van der Waals surface area (Å²) < 4.78 is 28.9. The summed E-state index contributed by atoms with van der Waals surface area (Å²) in [6.07, 6.45) is 3.90. The number of aromatic nitrogens is 1. The molecule has 0 aliphatic heterocycles. The van der Waals surface area contributed by atoms with Crippen LogP contribution in [0.25, 0.3) is 0 Å². The molecule has 0 amide bonds. The Morgan fingerprint density at radius 3 is 2.57 bits per heavy atom. The van der Waals surface area contributed by atoms with E-state index in [2.05, 4.69) is 20.9 Å². The molecule has 0 atom stereocenters. The van der Waals surface area contributed by atoms with Crippen molar-refractivity contribution in [3.05, 3.63) is 51.2 Å². The lowest BCUT2D eigenvalue weighted by atomic mass is 10.3. The van der Waals surface area contributed by atoms with Gasteiger partial charge >= 0.3 is 5.69 Å². The highest BCUT2D eigenvalue weighted by Crippen LogP contribution is 2.33. The van der Waals surface area contributed by atoms with Crippen LogP contribution in [0.4, 0.5) is 5.69 Å². The molecule has 2 rings (SSSR count). The summed E-state index contributed by atoms with van der Waals surface area (Å²) in [5.74, 6) is 0.229. The number of benzene rings is 1. The summed E-state index contributed by atoms with van der Waals surface area (Å²) in [7, 11) is -3.54. The predicted molar refractivity (Wildman–Crippen MR) is 78.2 cm³/mol. The molecule has 0 unspecified atom stereocenters. The Kier molecular flexibility index (Phi) is 4.24. The van der Waals surface area contributed by atoms with E-state index in [1.807, 2.05) is 0 Å². The van der Waals surface area contributed by atoms with E-state index in [4.69, 9.17) is 4.74 Å². The van der Waals surface area contributed by atoms with E-state index in [-0.39, 0.29) is 10.6 Å². The number of pyridine rings is 1. The second kappa shape index (κ2) is 5.78. The molecule has 0 aliphatic carbocycles. The molecule has 9 heteroatoms. The smallest absolute Gasteiger partial charge is 0.312 e. The molecule has 0 radical (unpaired) electrons. The minimum atomic E-state index is -3.54. The van der Waals surface area contributed by atoms with Gasteiger partial charge in [0.25, 0.3) is 0 Å². The predicted octanol–water partition coefficient (Wildman–Crippen LogP) is 2.95. The van der Waals surface area contributed by atoms with E-state index >= 15 is 0 Å². The molecule has 0 aliphatic rings. The van der Waals surface area contributed by atoms with E-state index < -0.39 is 20.4 Å². The van der Waals surface area contributed by atoms with Crippen molar-refractivity contribution >= 4 is 31.5 Å². The topological polar surface area (TPSA) is 99.4 Å². The number of nitro benzene ring substituents is 1. The lowest BCUT2D eigenvalue weighted by molar-refractivity contribution is -0.385. The van der Waals surface area contributed by atoms with Crippen molar-refractivity contribution in [2.45, 2.75) is 4.90 Å². The third kappa shape index (κ3) is 3.76. The molecular weight excluding hydrogens is 364 g/mol. The van der Waals surface area contributed by atoms with Gasteiger partial charge in [-0.3, -0.25) is 15.1 Å². The molecule has 0 bridgehead atoms.